The van der Waals surface area contributed by atoms with Crippen LogP contribution in [0.2, 0.25) is 0 Å². The highest BCUT2D eigenvalue weighted by atomic mass is 16.1. The maximum atomic E-state index is 12.8. The SMILES string of the molecule is Cc1ccc(-n2nc(C(=O)NCC3=CCNCC3)c3c2CCC3)c(C)c1. The van der Waals surface area contributed by atoms with Crippen molar-refractivity contribution in [2.24, 2.45) is 0 Å². The first-order valence-electron chi connectivity index (χ1n) is 9.48. The number of rotatable bonds is 4. The molecule has 1 aliphatic carbocycles. The van der Waals surface area contributed by atoms with Crippen molar-refractivity contribution < 1.29 is 4.79 Å². The van der Waals surface area contributed by atoms with Crippen LogP contribution < -0.4 is 10.6 Å². The molecule has 0 saturated carbocycles. The van der Waals surface area contributed by atoms with Crippen LogP contribution in [0.5, 0.6) is 0 Å². The van der Waals surface area contributed by atoms with Gasteiger partial charge < -0.3 is 10.6 Å². The predicted octanol–water partition coefficient (Wildman–Crippen LogP) is 2.63. The predicted molar refractivity (Wildman–Crippen MR) is 103 cm³/mol. The number of carbonyl (C=O) groups excluding carboxylic acids is 1. The van der Waals surface area contributed by atoms with Crippen LogP contribution in [-0.4, -0.2) is 35.3 Å². The van der Waals surface area contributed by atoms with Crippen molar-refractivity contribution in [1.29, 1.82) is 0 Å². The molecule has 2 N–H and O–H groups in total. The average Bonchev–Trinajstić information content (AvgIpc) is 3.24. The van der Waals surface area contributed by atoms with Gasteiger partial charge in [-0.05, 0) is 57.7 Å². The standard InChI is InChI=1S/C21H26N4O/c1-14-6-7-18(15(2)12-14)25-19-5-3-4-17(19)20(24-25)21(26)23-13-16-8-10-22-11-9-16/h6-8,12,22H,3-5,9-11,13H2,1-2H3,(H,23,26). The quantitative estimate of drug-likeness (QED) is 0.834. The third kappa shape index (κ3) is 3.19. The number of aromatic nitrogens is 2. The third-order valence-electron chi connectivity index (χ3n) is 5.36. The topological polar surface area (TPSA) is 59.0 Å². The first kappa shape index (κ1) is 17.0. The Morgan fingerprint density at radius 1 is 1.27 bits per heavy atom. The summed E-state index contributed by atoms with van der Waals surface area (Å²) < 4.78 is 2.00. The maximum absolute atomic E-state index is 12.8. The van der Waals surface area contributed by atoms with Gasteiger partial charge in [0.25, 0.3) is 5.91 Å². The van der Waals surface area contributed by atoms with Gasteiger partial charge >= 0.3 is 0 Å². The minimum absolute atomic E-state index is 0.0499. The molecule has 0 spiro atoms. The number of nitrogens with zero attached hydrogens (tertiary/aromatic N) is 2. The van der Waals surface area contributed by atoms with Crippen molar-refractivity contribution in [3.8, 4) is 5.69 Å². The fourth-order valence-electron chi connectivity index (χ4n) is 3.97. The fourth-order valence-corrected chi connectivity index (χ4v) is 3.97. The summed E-state index contributed by atoms with van der Waals surface area (Å²) in [6.07, 6.45) is 6.18. The van der Waals surface area contributed by atoms with Gasteiger partial charge in [-0.15, -0.1) is 0 Å². The Labute approximate surface area is 154 Å². The summed E-state index contributed by atoms with van der Waals surface area (Å²) in [6, 6.07) is 6.38. The van der Waals surface area contributed by atoms with Crippen LogP contribution in [0, 0.1) is 13.8 Å². The van der Waals surface area contributed by atoms with Gasteiger partial charge in [-0.3, -0.25) is 4.79 Å². The Morgan fingerprint density at radius 3 is 2.92 bits per heavy atom. The van der Waals surface area contributed by atoms with Gasteiger partial charge in [0, 0.05) is 24.3 Å². The summed E-state index contributed by atoms with van der Waals surface area (Å²) >= 11 is 0. The molecule has 0 fully saturated rings. The van der Waals surface area contributed by atoms with E-state index in [0.29, 0.717) is 12.2 Å². The lowest BCUT2D eigenvalue weighted by Gasteiger charge is -2.14. The third-order valence-corrected chi connectivity index (χ3v) is 5.36. The highest BCUT2D eigenvalue weighted by Crippen LogP contribution is 2.29. The summed E-state index contributed by atoms with van der Waals surface area (Å²) in [6.45, 7) is 6.69. The molecule has 0 unspecified atom stereocenters. The van der Waals surface area contributed by atoms with E-state index in [4.69, 9.17) is 5.10 Å². The monoisotopic (exact) mass is 350 g/mol. The molecule has 2 aliphatic rings. The number of amides is 1. The van der Waals surface area contributed by atoms with E-state index in [2.05, 4.69) is 48.8 Å². The summed E-state index contributed by atoms with van der Waals surface area (Å²) in [5.41, 5.74) is 7.73. The van der Waals surface area contributed by atoms with Crippen molar-refractivity contribution in [3.63, 3.8) is 0 Å². The molecule has 1 aliphatic heterocycles. The fraction of sp³-hybridized carbons (Fsp3) is 0.429. The minimum atomic E-state index is -0.0499. The van der Waals surface area contributed by atoms with Gasteiger partial charge in [0.05, 0.1) is 5.69 Å². The second-order valence-electron chi connectivity index (χ2n) is 7.33. The molecule has 4 rings (SSSR count). The Hall–Kier alpha value is -2.40. The molecule has 0 bridgehead atoms. The molecule has 5 nitrogen and oxygen atoms in total. The van der Waals surface area contributed by atoms with Gasteiger partial charge in [0.15, 0.2) is 5.69 Å². The highest BCUT2D eigenvalue weighted by Gasteiger charge is 2.27. The molecular weight excluding hydrogens is 324 g/mol. The summed E-state index contributed by atoms with van der Waals surface area (Å²) in [5.74, 6) is -0.0499. The molecule has 0 radical (unpaired) electrons. The molecule has 0 atom stereocenters. The number of fused-ring (bicyclic) bond motifs is 1. The van der Waals surface area contributed by atoms with Crippen molar-refractivity contribution in [3.05, 3.63) is 57.9 Å². The van der Waals surface area contributed by atoms with Gasteiger partial charge in [-0.1, -0.05) is 29.3 Å². The second kappa shape index (κ2) is 7.08. The average molecular weight is 350 g/mol. The number of benzene rings is 1. The normalized spacial score (nSPS) is 16.3. The van der Waals surface area contributed by atoms with Gasteiger partial charge in [0.1, 0.15) is 0 Å². The number of carbonyl (C=O) groups is 1. The van der Waals surface area contributed by atoms with E-state index in [0.717, 1.165) is 50.0 Å². The number of aryl methyl sites for hydroxylation is 2. The van der Waals surface area contributed by atoms with Crippen molar-refractivity contribution in [2.75, 3.05) is 19.6 Å². The van der Waals surface area contributed by atoms with E-state index in [-0.39, 0.29) is 5.91 Å². The molecule has 2 heterocycles. The Kier molecular flexibility index (Phi) is 4.64. The molecule has 1 aromatic carbocycles. The molecule has 26 heavy (non-hydrogen) atoms. The summed E-state index contributed by atoms with van der Waals surface area (Å²) in [5, 5.41) is 11.1. The van der Waals surface area contributed by atoms with E-state index >= 15 is 0 Å². The maximum Gasteiger partial charge on any atom is 0.272 e. The van der Waals surface area contributed by atoms with Crippen LogP contribution in [0.15, 0.2) is 29.8 Å². The Balaban J connectivity index is 1.61. The van der Waals surface area contributed by atoms with E-state index in [1.54, 1.807) is 0 Å². The van der Waals surface area contributed by atoms with E-state index in [9.17, 15) is 4.79 Å². The highest BCUT2D eigenvalue weighted by molar-refractivity contribution is 5.94. The molecule has 1 amide bonds. The lowest BCUT2D eigenvalue weighted by molar-refractivity contribution is 0.0950. The van der Waals surface area contributed by atoms with E-state index in [1.807, 2.05) is 4.68 Å². The van der Waals surface area contributed by atoms with Crippen molar-refractivity contribution >= 4 is 5.91 Å². The van der Waals surface area contributed by atoms with Crippen LogP contribution in [0.25, 0.3) is 5.69 Å². The number of hydrogen-bond acceptors (Lipinski definition) is 3. The lowest BCUT2D eigenvalue weighted by atomic mass is 10.1. The largest absolute Gasteiger partial charge is 0.347 e. The molecule has 2 aromatic rings. The first-order chi connectivity index (χ1) is 12.6. The van der Waals surface area contributed by atoms with Gasteiger partial charge in [-0.25, -0.2) is 4.68 Å². The van der Waals surface area contributed by atoms with E-state index in [1.165, 1.54) is 22.4 Å². The number of nitrogens with one attached hydrogen (secondary N) is 2. The number of hydrogen-bond donors (Lipinski definition) is 2. The smallest absolute Gasteiger partial charge is 0.272 e. The zero-order valence-electron chi connectivity index (χ0n) is 15.6. The van der Waals surface area contributed by atoms with Crippen LogP contribution in [0.4, 0.5) is 0 Å². The minimum Gasteiger partial charge on any atom is -0.347 e. The van der Waals surface area contributed by atoms with Crippen LogP contribution in [-0.2, 0) is 12.8 Å². The zero-order chi connectivity index (χ0) is 18.1. The molecule has 5 heteroatoms. The summed E-state index contributed by atoms with van der Waals surface area (Å²) in [7, 11) is 0. The van der Waals surface area contributed by atoms with Crippen LogP contribution >= 0.6 is 0 Å². The van der Waals surface area contributed by atoms with Crippen molar-refractivity contribution in [2.45, 2.75) is 39.5 Å². The van der Waals surface area contributed by atoms with Crippen LogP contribution in [0.3, 0.4) is 0 Å². The Morgan fingerprint density at radius 2 is 2.15 bits per heavy atom. The first-order valence-corrected chi connectivity index (χ1v) is 9.48. The van der Waals surface area contributed by atoms with Gasteiger partial charge in [-0.2, -0.15) is 5.10 Å². The Bertz CT molecular complexity index is 878. The van der Waals surface area contributed by atoms with Gasteiger partial charge in [0.2, 0.25) is 0 Å². The summed E-state index contributed by atoms with van der Waals surface area (Å²) in [4.78, 5) is 12.8. The van der Waals surface area contributed by atoms with Crippen LogP contribution in [0.1, 0.15) is 45.7 Å². The molecule has 0 saturated heterocycles. The molecule has 136 valence electrons. The lowest BCUT2D eigenvalue weighted by Crippen LogP contribution is -2.30. The molecular formula is C21H26N4O. The molecule has 1 aromatic heterocycles. The van der Waals surface area contributed by atoms with Crippen molar-refractivity contribution in [1.82, 2.24) is 20.4 Å². The zero-order valence-corrected chi connectivity index (χ0v) is 15.6. The second-order valence-corrected chi connectivity index (χ2v) is 7.33. The van der Waals surface area contributed by atoms with E-state index < -0.39 is 0 Å².